The molecule has 2 saturated heterocycles. The number of rotatable bonds is 8. The highest BCUT2D eigenvalue weighted by atomic mass is 16.6. The molecule has 0 radical (unpaired) electrons. The lowest BCUT2D eigenvalue weighted by Gasteiger charge is -2.38. The largest absolute Gasteiger partial charge is 0.455 e. The SMILES string of the molecule is CC[C@@H](CO)N1C(=O)[C@H]2[C@@H]3C(=O)O[C@@H](c4ccccc4)[C@H](C)N(C)C(=O)CC/C=C\[C@@H]3O[C@]23C=CCN(c2ccc(N(CC)CC)cc2)C(=O)[C@H]13. The molecule has 0 aliphatic carbocycles. The average molecular weight is 699 g/mol. The van der Waals surface area contributed by atoms with Gasteiger partial charge >= 0.3 is 5.97 Å². The molecule has 0 saturated carbocycles. The summed E-state index contributed by atoms with van der Waals surface area (Å²) >= 11 is 0. The van der Waals surface area contributed by atoms with Crippen molar-refractivity contribution in [3.05, 3.63) is 84.5 Å². The molecule has 4 aliphatic rings. The number of fused-ring (bicyclic) bond motifs is 2. The Hall–Kier alpha value is -4.48. The van der Waals surface area contributed by atoms with Crippen LogP contribution in [0, 0.1) is 11.8 Å². The van der Waals surface area contributed by atoms with E-state index in [1.165, 1.54) is 4.90 Å². The number of aliphatic hydroxyl groups excluding tert-OH is 1. The molecular formula is C40H50N4O7. The molecule has 0 aromatic heterocycles. The number of nitrogens with zero attached hydrogens (tertiary/aromatic N) is 4. The number of allylic oxidation sites excluding steroid dienone is 1. The first-order valence-corrected chi connectivity index (χ1v) is 18.2. The number of esters is 1. The number of likely N-dealkylation sites (N-methyl/N-ethyl adjacent to an activating group) is 1. The second-order valence-electron chi connectivity index (χ2n) is 13.9. The third-order valence-electron chi connectivity index (χ3n) is 11.2. The average Bonchev–Trinajstić information content (AvgIpc) is 3.54. The first-order valence-electron chi connectivity index (χ1n) is 18.2. The summed E-state index contributed by atoms with van der Waals surface area (Å²) in [5, 5.41) is 10.5. The molecule has 272 valence electrons. The quantitative estimate of drug-likeness (QED) is 0.321. The fourth-order valence-electron chi connectivity index (χ4n) is 8.30. The molecule has 0 bridgehead atoms. The van der Waals surface area contributed by atoms with Crippen LogP contribution in [0.4, 0.5) is 11.4 Å². The van der Waals surface area contributed by atoms with Crippen molar-refractivity contribution in [3.63, 3.8) is 0 Å². The van der Waals surface area contributed by atoms with E-state index in [0.29, 0.717) is 24.1 Å². The zero-order valence-corrected chi connectivity index (χ0v) is 30.2. The van der Waals surface area contributed by atoms with E-state index in [1.54, 1.807) is 35.1 Å². The number of amides is 3. The lowest BCUT2D eigenvalue weighted by molar-refractivity contribution is -0.164. The molecule has 2 aromatic carbocycles. The van der Waals surface area contributed by atoms with Gasteiger partial charge in [-0.3, -0.25) is 19.2 Å². The van der Waals surface area contributed by atoms with Crippen molar-refractivity contribution in [2.45, 2.75) is 82.9 Å². The van der Waals surface area contributed by atoms with Crippen LogP contribution in [-0.2, 0) is 28.7 Å². The van der Waals surface area contributed by atoms with E-state index in [-0.39, 0.29) is 31.4 Å². The van der Waals surface area contributed by atoms with Crippen LogP contribution >= 0.6 is 0 Å². The number of aliphatic hydroxyl groups is 1. The predicted molar refractivity (Wildman–Crippen MR) is 194 cm³/mol. The Balaban J connectivity index is 1.44. The van der Waals surface area contributed by atoms with E-state index in [4.69, 9.17) is 9.47 Å². The van der Waals surface area contributed by atoms with Crippen LogP contribution in [0.1, 0.15) is 58.6 Å². The van der Waals surface area contributed by atoms with Crippen molar-refractivity contribution in [2.75, 3.05) is 43.1 Å². The fourth-order valence-corrected chi connectivity index (χ4v) is 8.30. The zero-order valence-electron chi connectivity index (χ0n) is 30.2. The number of hydrogen-bond donors (Lipinski definition) is 1. The highest BCUT2D eigenvalue weighted by Gasteiger charge is 2.72. The molecule has 2 fully saturated rings. The monoisotopic (exact) mass is 698 g/mol. The molecular weight excluding hydrogens is 648 g/mol. The topological polar surface area (TPSA) is 120 Å². The highest BCUT2D eigenvalue weighted by molar-refractivity contribution is 6.05. The molecule has 3 amide bonds. The van der Waals surface area contributed by atoms with Gasteiger partial charge in [0, 0.05) is 44.5 Å². The Morgan fingerprint density at radius 2 is 1.67 bits per heavy atom. The number of anilines is 2. The molecule has 0 unspecified atom stereocenters. The normalized spacial score (nSPS) is 30.8. The van der Waals surface area contributed by atoms with Crippen LogP contribution in [-0.4, -0.2) is 102 Å². The Morgan fingerprint density at radius 3 is 2.31 bits per heavy atom. The second-order valence-corrected chi connectivity index (χ2v) is 13.9. The van der Waals surface area contributed by atoms with E-state index in [1.807, 2.05) is 74.5 Å². The van der Waals surface area contributed by atoms with Gasteiger partial charge < -0.3 is 34.2 Å². The fraction of sp³-hybridized carbons (Fsp3) is 0.500. The summed E-state index contributed by atoms with van der Waals surface area (Å²) in [6.07, 6.45) is 6.48. The van der Waals surface area contributed by atoms with Gasteiger partial charge in [-0.15, -0.1) is 0 Å². The van der Waals surface area contributed by atoms with Crippen LogP contribution in [0.5, 0.6) is 0 Å². The van der Waals surface area contributed by atoms with E-state index in [0.717, 1.165) is 18.8 Å². The molecule has 8 atom stereocenters. The maximum atomic E-state index is 14.9. The lowest BCUT2D eigenvalue weighted by atomic mass is 9.77. The number of carbonyl (C=O) groups is 4. The maximum Gasteiger partial charge on any atom is 0.313 e. The highest BCUT2D eigenvalue weighted by Crippen LogP contribution is 2.54. The van der Waals surface area contributed by atoms with Gasteiger partial charge in [0.2, 0.25) is 11.8 Å². The minimum Gasteiger partial charge on any atom is -0.455 e. The van der Waals surface area contributed by atoms with E-state index < -0.39 is 59.6 Å². The predicted octanol–water partition coefficient (Wildman–Crippen LogP) is 4.27. The summed E-state index contributed by atoms with van der Waals surface area (Å²) in [7, 11) is 1.70. The Bertz CT molecular complexity index is 1650. The van der Waals surface area contributed by atoms with Gasteiger partial charge in [-0.25, -0.2) is 0 Å². The van der Waals surface area contributed by atoms with Crippen molar-refractivity contribution in [2.24, 2.45) is 11.8 Å². The molecule has 4 aliphatic heterocycles. The Kier molecular flexibility index (Phi) is 10.7. The lowest BCUT2D eigenvalue weighted by Crippen LogP contribution is -2.58. The summed E-state index contributed by atoms with van der Waals surface area (Å²) in [6, 6.07) is 14.7. The van der Waals surface area contributed by atoms with Gasteiger partial charge in [-0.2, -0.15) is 0 Å². The van der Waals surface area contributed by atoms with Crippen molar-refractivity contribution in [3.8, 4) is 0 Å². The third-order valence-corrected chi connectivity index (χ3v) is 11.2. The summed E-state index contributed by atoms with van der Waals surface area (Å²) < 4.78 is 13.2. The summed E-state index contributed by atoms with van der Waals surface area (Å²) in [5.41, 5.74) is 0.915. The summed E-state index contributed by atoms with van der Waals surface area (Å²) in [4.78, 5) is 64.4. The van der Waals surface area contributed by atoms with Gasteiger partial charge in [-0.05, 0) is 63.4 Å². The number of hydrogen-bond acceptors (Lipinski definition) is 8. The van der Waals surface area contributed by atoms with Crippen LogP contribution in [0.15, 0.2) is 78.9 Å². The van der Waals surface area contributed by atoms with E-state index in [9.17, 15) is 24.3 Å². The molecule has 2 aromatic rings. The number of likely N-dealkylation sites (tertiary alicyclic amines) is 1. The van der Waals surface area contributed by atoms with Crippen molar-refractivity contribution < 1.29 is 33.8 Å². The summed E-state index contributed by atoms with van der Waals surface area (Å²) in [5.74, 6) is -3.70. The number of ether oxygens (including phenoxy) is 2. The number of cyclic esters (lactones) is 1. The van der Waals surface area contributed by atoms with Crippen LogP contribution in [0.25, 0.3) is 0 Å². The van der Waals surface area contributed by atoms with E-state index in [2.05, 4.69) is 18.7 Å². The Labute approximate surface area is 300 Å². The van der Waals surface area contributed by atoms with Crippen LogP contribution in [0.2, 0.25) is 0 Å². The molecule has 6 rings (SSSR count). The molecule has 51 heavy (non-hydrogen) atoms. The maximum absolute atomic E-state index is 14.9. The van der Waals surface area contributed by atoms with Crippen molar-refractivity contribution in [1.82, 2.24) is 9.80 Å². The first kappa shape index (κ1) is 36.3. The van der Waals surface area contributed by atoms with E-state index >= 15 is 0 Å². The van der Waals surface area contributed by atoms with Crippen molar-refractivity contribution in [1.29, 1.82) is 0 Å². The van der Waals surface area contributed by atoms with Crippen molar-refractivity contribution >= 4 is 35.1 Å². The van der Waals surface area contributed by atoms with Gasteiger partial charge in [0.15, 0.2) is 0 Å². The molecule has 11 heteroatoms. The molecule has 4 heterocycles. The minimum absolute atomic E-state index is 0.0907. The van der Waals surface area contributed by atoms with Crippen LogP contribution in [0.3, 0.4) is 0 Å². The first-order chi connectivity index (χ1) is 24.6. The second kappa shape index (κ2) is 15.0. The number of carbonyl (C=O) groups excluding carboxylic acids is 4. The standard InChI is InChI=1S/C40H50N4O7/c1-6-28(25-45)44-36-38(48)43(30-21-19-29(20-22-30)42(7-2)8-3)24-14-23-40(36)34(37(44)47)33-31(51-40)17-12-13-18-32(46)41(5)26(4)35(50-39(33)49)27-15-10-9-11-16-27/h9-12,14-17,19-23,26,28,31,33-36,45H,6-8,13,18,24-25H2,1-5H3/b17-12-/t26-,28-,31-,33+,34+,35+,36-,40+/m0/s1. The minimum atomic E-state index is -1.51. The van der Waals surface area contributed by atoms with Gasteiger partial charge in [0.05, 0.1) is 30.7 Å². The molecule has 1 N–H and O–H groups in total. The molecule has 11 nitrogen and oxygen atoms in total. The molecule has 1 spiro atoms. The zero-order chi connectivity index (χ0) is 36.4. The van der Waals surface area contributed by atoms with Gasteiger partial charge in [0.25, 0.3) is 5.91 Å². The number of benzene rings is 2. The smallest absolute Gasteiger partial charge is 0.313 e. The summed E-state index contributed by atoms with van der Waals surface area (Å²) in [6.45, 7) is 9.45. The van der Waals surface area contributed by atoms with Crippen LogP contribution < -0.4 is 9.80 Å². The van der Waals surface area contributed by atoms with Gasteiger partial charge in [-0.1, -0.05) is 61.6 Å². The van der Waals surface area contributed by atoms with Gasteiger partial charge in [0.1, 0.15) is 23.7 Å². The third kappa shape index (κ3) is 6.35. The Morgan fingerprint density at radius 1 is 0.961 bits per heavy atom.